The smallest absolute Gasteiger partial charge is 0.248 e. The molecule has 0 aromatic carbocycles. The maximum atomic E-state index is 13.0. The number of Topliss-reactive ketones (excluding diaryl/α,β-unsaturated/α-hetero) is 1. The summed E-state index contributed by atoms with van der Waals surface area (Å²) in [5.74, 6) is -1.76. The molecule has 1 aliphatic rings. The first-order chi connectivity index (χ1) is 8.48. The number of hydrogen-bond donors (Lipinski definition) is 0. The van der Waals surface area contributed by atoms with Gasteiger partial charge in [0.15, 0.2) is 0 Å². The fourth-order valence-electron chi connectivity index (χ4n) is 2.44. The lowest BCUT2D eigenvalue weighted by atomic mass is 9.83. The summed E-state index contributed by atoms with van der Waals surface area (Å²) >= 11 is 0. The lowest BCUT2D eigenvalue weighted by Crippen LogP contribution is -2.28. The summed E-state index contributed by atoms with van der Waals surface area (Å²) in [4.78, 5) is 16.1. The van der Waals surface area contributed by atoms with Gasteiger partial charge in [0.1, 0.15) is 11.6 Å². The zero-order valence-electron chi connectivity index (χ0n) is 10.5. The van der Waals surface area contributed by atoms with Crippen molar-refractivity contribution in [3.05, 3.63) is 18.2 Å². The second kappa shape index (κ2) is 5.16. The molecule has 100 valence electrons. The van der Waals surface area contributed by atoms with E-state index >= 15 is 0 Å². The van der Waals surface area contributed by atoms with E-state index in [-0.39, 0.29) is 24.5 Å². The van der Waals surface area contributed by atoms with Crippen molar-refractivity contribution in [2.24, 2.45) is 13.0 Å². The molecular weight excluding hydrogens is 238 g/mol. The van der Waals surface area contributed by atoms with Gasteiger partial charge in [0.05, 0.1) is 0 Å². The fraction of sp³-hybridized carbons (Fsp3) is 0.692. The number of ketones is 1. The number of hydrogen-bond acceptors (Lipinski definition) is 2. The van der Waals surface area contributed by atoms with Gasteiger partial charge in [-0.15, -0.1) is 0 Å². The number of aromatic nitrogens is 2. The molecular formula is C13H18F2N2O. The van der Waals surface area contributed by atoms with Gasteiger partial charge in [-0.25, -0.2) is 13.8 Å². The van der Waals surface area contributed by atoms with E-state index < -0.39 is 5.92 Å². The van der Waals surface area contributed by atoms with E-state index in [1.54, 1.807) is 6.20 Å². The lowest BCUT2D eigenvalue weighted by molar-refractivity contribution is -0.127. The molecule has 0 spiro atoms. The largest absolute Gasteiger partial charge is 0.338 e. The summed E-state index contributed by atoms with van der Waals surface area (Å²) in [5, 5.41) is 0. The Balaban J connectivity index is 1.81. The van der Waals surface area contributed by atoms with Crippen LogP contribution in [0.2, 0.25) is 0 Å². The molecule has 1 saturated carbocycles. The summed E-state index contributed by atoms with van der Waals surface area (Å²) in [6.07, 6.45) is 4.88. The highest BCUT2D eigenvalue weighted by Crippen LogP contribution is 2.36. The van der Waals surface area contributed by atoms with Gasteiger partial charge >= 0.3 is 0 Å². The summed E-state index contributed by atoms with van der Waals surface area (Å²) < 4.78 is 27.8. The highest BCUT2D eigenvalue weighted by molar-refractivity contribution is 5.81. The van der Waals surface area contributed by atoms with Crippen molar-refractivity contribution in [2.45, 2.75) is 44.4 Å². The fourth-order valence-corrected chi connectivity index (χ4v) is 2.44. The van der Waals surface area contributed by atoms with Crippen molar-refractivity contribution in [1.29, 1.82) is 0 Å². The summed E-state index contributed by atoms with van der Waals surface area (Å²) in [7, 11) is 1.88. The minimum atomic E-state index is -2.56. The Morgan fingerprint density at radius 3 is 2.72 bits per heavy atom. The highest BCUT2D eigenvalue weighted by Gasteiger charge is 2.36. The van der Waals surface area contributed by atoms with E-state index in [1.165, 1.54) is 0 Å². The van der Waals surface area contributed by atoms with Crippen molar-refractivity contribution < 1.29 is 13.6 Å². The van der Waals surface area contributed by atoms with Crippen LogP contribution in [0.3, 0.4) is 0 Å². The third kappa shape index (κ3) is 3.15. The first-order valence-corrected chi connectivity index (χ1v) is 6.35. The van der Waals surface area contributed by atoms with Crippen molar-refractivity contribution >= 4 is 5.78 Å². The molecule has 3 nitrogen and oxygen atoms in total. The third-order valence-electron chi connectivity index (χ3n) is 3.69. The zero-order valence-corrected chi connectivity index (χ0v) is 10.5. The van der Waals surface area contributed by atoms with Crippen molar-refractivity contribution in [3.63, 3.8) is 0 Å². The number of aryl methyl sites for hydroxylation is 2. The minimum Gasteiger partial charge on any atom is -0.338 e. The van der Waals surface area contributed by atoms with E-state index in [2.05, 4.69) is 4.98 Å². The topological polar surface area (TPSA) is 34.9 Å². The quantitative estimate of drug-likeness (QED) is 0.830. The van der Waals surface area contributed by atoms with E-state index in [1.807, 2.05) is 17.8 Å². The van der Waals surface area contributed by atoms with E-state index in [0.717, 1.165) is 5.82 Å². The summed E-state index contributed by atoms with van der Waals surface area (Å²) in [6, 6.07) is 0. The van der Waals surface area contributed by atoms with Crippen LogP contribution < -0.4 is 0 Å². The average molecular weight is 256 g/mol. The Labute approximate surface area is 105 Å². The highest BCUT2D eigenvalue weighted by atomic mass is 19.3. The molecule has 18 heavy (non-hydrogen) atoms. The van der Waals surface area contributed by atoms with Gasteiger partial charge in [-0.05, 0) is 12.8 Å². The molecule has 0 N–H and O–H groups in total. The normalized spacial score (nSPS) is 19.9. The molecule has 0 bridgehead atoms. The first-order valence-electron chi connectivity index (χ1n) is 6.35. The number of halogens is 2. The molecule has 1 aliphatic carbocycles. The van der Waals surface area contributed by atoms with Crippen LogP contribution in [0.1, 0.15) is 37.9 Å². The van der Waals surface area contributed by atoms with Gasteiger partial charge in [-0.1, -0.05) is 0 Å². The summed E-state index contributed by atoms with van der Waals surface area (Å²) in [5.41, 5.74) is 0. The second-order valence-corrected chi connectivity index (χ2v) is 5.05. The van der Waals surface area contributed by atoms with Crippen molar-refractivity contribution in [3.8, 4) is 0 Å². The average Bonchev–Trinajstić information content (AvgIpc) is 2.72. The van der Waals surface area contributed by atoms with Crippen LogP contribution in [0.15, 0.2) is 12.4 Å². The van der Waals surface area contributed by atoms with Crippen LogP contribution in [0.25, 0.3) is 0 Å². The standard InChI is InChI=1S/C13H18F2N2O/c1-17-9-8-16-12(17)3-2-11(18)10-4-6-13(14,15)7-5-10/h8-10H,2-7H2,1H3. The maximum absolute atomic E-state index is 13.0. The lowest BCUT2D eigenvalue weighted by Gasteiger charge is -2.27. The Morgan fingerprint density at radius 1 is 1.50 bits per heavy atom. The molecule has 1 aromatic rings. The molecule has 0 saturated heterocycles. The number of alkyl halides is 2. The molecule has 0 aliphatic heterocycles. The van der Waals surface area contributed by atoms with Gasteiger partial charge in [-0.2, -0.15) is 0 Å². The SMILES string of the molecule is Cn1ccnc1CCC(=O)C1CCC(F)(F)CC1. The molecule has 2 rings (SSSR count). The Bertz CT molecular complexity index is 418. The van der Waals surface area contributed by atoms with E-state index in [9.17, 15) is 13.6 Å². The van der Waals surface area contributed by atoms with Crippen LogP contribution in [0, 0.1) is 5.92 Å². The molecule has 1 heterocycles. The Kier molecular flexibility index (Phi) is 3.78. The number of carbonyl (C=O) groups is 1. The van der Waals surface area contributed by atoms with Crippen LogP contribution >= 0.6 is 0 Å². The predicted octanol–water partition coefficient (Wildman–Crippen LogP) is 2.75. The summed E-state index contributed by atoms with van der Waals surface area (Å²) in [6.45, 7) is 0. The van der Waals surface area contributed by atoms with Crippen LogP contribution in [0.5, 0.6) is 0 Å². The molecule has 1 aromatic heterocycles. The molecule has 0 atom stereocenters. The second-order valence-electron chi connectivity index (χ2n) is 5.05. The number of imidazole rings is 1. The third-order valence-corrected chi connectivity index (χ3v) is 3.69. The van der Waals surface area contributed by atoms with Gasteiger partial charge in [-0.3, -0.25) is 4.79 Å². The van der Waals surface area contributed by atoms with E-state index in [4.69, 9.17) is 0 Å². The molecule has 0 amide bonds. The van der Waals surface area contributed by atoms with Crippen LogP contribution in [-0.4, -0.2) is 21.3 Å². The number of carbonyl (C=O) groups excluding carboxylic acids is 1. The number of rotatable bonds is 4. The molecule has 1 fully saturated rings. The van der Waals surface area contributed by atoms with Crippen molar-refractivity contribution in [2.75, 3.05) is 0 Å². The monoisotopic (exact) mass is 256 g/mol. The zero-order chi connectivity index (χ0) is 13.2. The first kappa shape index (κ1) is 13.2. The van der Waals surface area contributed by atoms with Gasteiger partial charge in [0.25, 0.3) is 0 Å². The van der Waals surface area contributed by atoms with Gasteiger partial charge in [0, 0.05) is 51.0 Å². The maximum Gasteiger partial charge on any atom is 0.248 e. The molecule has 0 unspecified atom stereocenters. The van der Waals surface area contributed by atoms with Crippen molar-refractivity contribution in [1.82, 2.24) is 9.55 Å². The predicted molar refractivity (Wildman–Crippen MR) is 63.4 cm³/mol. The van der Waals surface area contributed by atoms with Crippen LogP contribution in [0.4, 0.5) is 8.78 Å². The molecule has 0 radical (unpaired) electrons. The van der Waals surface area contributed by atoms with Gasteiger partial charge in [0.2, 0.25) is 5.92 Å². The number of nitrogens with zero attached hydrogens (tertiary/aromatic N) is 2. The Hall–Kier alpha value is -1.26. The Morgan fingerprint density at radius 2 is 2.17 bits per heavy atom. The van der Waals surface area contributed by atoms with E-state index in [0.29, 0.717) is 25.7 Å². The van der Waals surface area contributed by atoms with Crippen LogP contribution in [-0.2, 0) is 18.3 Å². The minimum absolute atomic E-state index is 0.105. The van der Waals surface area contributed by atoms with Gasteiger partial charge < -0.3 is 4.57 Å². The molecule has 5 heteroatoms.